The fraction of sp³-hybridized carbons (Fsp3) is 0.625. The smallest absolute Gasteiger partial charge is 0.320 e. The van der Waals surface area contributed by atoms with E-state index < -0.39 is 22.0 Å². The van der Waals surface area contributed by atoms with E-state index in [2.05, 4.69) is 10.3 Å². The van der Waals surface area contributed by atoms with Gasteiger partial charge in [-0.25, -0.2) is 13.4 Å². The summed E-state index contributed by atoms with van der Waals surface area (Å²) in [6.45, 7) is 0.619. The van der Waals surface area contributed by atoms with E-state index in [-0.39, 0.29) is 24.6 Å². The average molecular weight is 284 g/mol. The zero-order valence-corrected chi connectivity index (χ0v) is 10.2. The second-order valence-corrected chi connectivity index (χ2v) is 5.68. The minimum atomic E-state index is -4.61. The van der Waals surface area contributed by atoms with Gasteiger partial charge in [0.05, 0.1) is 11.9 Å². The Bertz CT molecular complexity index is 564. The summed E-state index contributed by atoms with van der Waals surface area (Å²) in [5.41, 5.74) is 0.194. The summed E-state index contributed by atoms with van der Waals surface area (Å²) in [6, 6.07) is 0. The summed E-state index contributed by atoms with van der Waals surface area (Å²) in [6.07, 6.45) is -3.74. The highest BCUT2D eigenvalue weighted by Gasteiger charge is 2.39. The molecule has 2 heterocycles. The van der Waals surface area contributed by atoms with Gasteiger partial charge in [0.1, 0.15) is 0 Å². The lowest BCUT2D eigenvalue weighted by Crippen LogP contribution is -2.30. The molecular weight excluding hydrogens is 273 g/mol. The van der Waals surface area contributed by atoms with Gasteiger partial charge in [-0.2, -0.15) is 13.2 Å². The van der Waals surface area contributed by atoms with Crippen molar-refractivity contribution in [3.8, 4) is 0 Å². The second-order valence-electron chi connectivity index (χ2n) is 3.93. The lowest BCUT2D eigenvalue weighted by Gasteiger charge is -2.19. The molecule has 0 aromatic carbocycles. The molecule has 18 heavy (non-hydrogen) atoms. The molecule has 102 valence electrons. The van der Waals surface area contributed by atoms with Crippen LogP contribution in [-0.2, 0) is 29.3 Å². The van der Waals surface area contributed by atoms with Gasteiger partial charge < -0.3 is 9.88 Å². The summed E-state index contributed by atoms with van der Waals surface area (Å²) in [5, 5.41) is 2.87. The molecule has 1 aromatic rings. The normalized spacial score (nSPS) is 16.4. The molecule has 1 aromatic heterocycles. The first-order valence-corrected chi connectivity index (χ1v) is 6.93. The molecule has 0 fully saturated rings. The number of hydrogen-bond acceptors (Lipinski definition) is 4. The highest BCUT2D eigenvalue weighted by molar-refractivity contribution is 7.92. The minimum Gasteiger partial charge on any atom is -0.320 e. The molecule has 0 amide bonds. The molecule has 1 aliphatic heterocycles. The van der Waals surface area contributed by atoms with Gasteiger partial charge in [0.25, 0.3) is 0 Å². The van der Waals surface area contributed by atoms with Gasteiger partial charge in [0.2, 0.25) is 15.8 Å². The van der Waals surface area contributed by atoms with E-state index in [1.54, 1.807) is 0 Å². The summed E-state index contributed by atoms with van der Waals surface area (Å²) in [7, 11) is -3.66. The molecule has 2 N–H and O–H groups in total. The Morgan fingerprint density at radius 2 is 2.11 bits per heavy atom. The zero-order chi connectivity index (χ0) is 13.6. The van der Waals surface area contributed by atoms with Crippen LogP contribution in [0, 0.1) is 0 Å². The number of halogens is 3. The van der Waals surface area contributed by atoms with Crippen molar-refractivity contribution >= 4 is 15.8 Å². The SMILES string of the molecule is CS(=O)(=O)Nc1nc(C(F)(F)F)n2c1CNCC2. The van der Waals surface area contributed by atoms with E-state index >= 15 is 0 Å². The summed E-state index contributed by atoms with van der Waals surface area (Å²) < 4.78 is 63.4. The number of alkyl halides is 3. The maximum atomic E-state index is 12.7. The van der Waals surface area contributed by atoms with Crippen LogP contribution in [0.2, 0.25) is 0 Å². The van der Waals surface area contributed by atoms with Gasteiger partial charge in [-0.1, -0.05) is 0 Å². The quantitative estimate of drug-likeness (QED) is 0.823. The number of nitrogens with zero attached hydrogens (tertiary/aromatic N) is 2. The Kier molecular flexibility index (Phi) is 3.01. The molecule has 1 aliphatic rings. The number of rotatable bonds is 2. The van der Waals surface area contributed by atoms with Crippen molar-refractivity contribution in [1.82, 2.24) is 14.9 Å². The van der Waals surface area contributed by atoms with Crippen LogP contribution in [0.1, 0.15) is 11.5 Å². The summed E-state index contributed by atoms with van der Waals surface area (Å²) in [5.74, 6) is -1.35. The van der Waals surface area contributed by atoms with Crippen LogP contribution < -0.4 is 10.0 Å². The summed E-state index contributed by atoms with van der Waals surface area (Å²) >= 11 is 0. The van der Waals surface area contributed by atoms with Crippen LogP contribution in [0.4, 0.5) is 19.0 Å². The molecule has 10 heteroatoms. The Morgan fingerprint density at radius 3 is 2.67 bits per heavy atom. The monoisotopic (exact) mass is 284 g/mol. The van der Waals surface area contributed by atoms with Crippen molar-refractivity contribution in [2.24, 2.45) is 0 Å². The summed E-state index contributed by atoms with van der Waals surface area (Å²) in [4.78, 5) is 3.36. The standard InChI is InChI=1S/C8H11F3N4O2S/c1-18(16,17)14-6-5-4-12-2-3-15(5)7(13-6)8(9,10)11/h12,14H,2-4H2,1H3. The molecule has 0 spiro atoms. The van der Waals surface area contributed by atoms with Crippen LogP contribution in [0.25, 0.3) is 0 Å². The van der Waals surface area contributed by atoms with Gasteiger partial charge in [-0.15, -0.1) is 0 Å². The van der Waals surface area contributed by atoms with Gasteiger partial charge in [0, 0.05) is 19.6 Å². The van der Waals surface area contributed by atoms with Gasteiger partial charge in [-0.05, 0) is 0 Å². The molecule has 0 atom stereocenters. The molecule has 0 unspecified atom stereocenters. The van der Waals surface area contributed by atoms with E-state index in [1.165, 1.54) is 0 Å². The van der Waals surface area contributed by atoms with Gasteiger partial charge >= 0.3 is 6.18 Å². The van der Waals surface area contributed by atoms with E-state index in [0.29, 0.717) is 6.54 Å². The fourth-order valence-corrected chi connectivity index (χ4v) is 2.29. The van der Waals surface area contributed by atoms with Crippen LogP contribution in [0.15, 0.2) is 0 Å². The molecule has 0 radical (unpaired) electrons. The van der Waals surface area contributed by atoms with Crippen LogP contribution in [0.3, 0.4) is 0 Å². The molecule has 0 bridgehead atoms. The minimum absolute atomic E-state index is 0.0998. The first-order valence-electron chi connectivity index (χ1n) is 5.03. The Balaban J connectivity index is 2.52. The van der Waals surface area contributed by atoms with Gasteiger partial charge in [-0.3, -0.25) is 4.72 Å². The van der Waals surface area contributed by atoms with E-state index in [4.69, 9.17) is 0 Å². The third-order valence-corrected chi connectivity index (χ3v) is 2.98. The molecular formula is C8H11F3N4O2S. The first kappa shape index (κ1) is 13.1. The average Bonchev–Trinajstić information content (AvgIpc) is 2.55. The number of anilines is 1. The Labute approximate surface area is 101 Å². The lowest BCUT2D eigenvalue weighted by atomic mass is 10.3. The predicted octanol–water partition coefficient (Wildman–Crippen LogP) is 0.377. The number of aromatic nitrogens is 2. The topological polar surface area (TPSA) is 76.0 Å². The van der Waals surface area contributed by atoms with Crippen molar-refractivity contribution in [3.05, 3.63) is 11.5 Å². The Morgan fingerprint density at radius 1 is 1.44 bits per heavy atom. The number of imidazole rings is 1. The molecule has 0 saturated carbocycles. The van der Waals surface area contributed by atoms with Crippen molar-refractivity contribution in [2.75, 3.05) is 17.5 Å². The second kappa shape index (κ2) is 4.12. The molecule has 2 rings (SSSR count). The maximum absolute atomic E-state index is 12.7. The predicted molar refractivity (Wildman–Crippen MR) is 57.4 cm³/mol. The van der Waals surface area contributed by atoms with Crippen LogP contribution >= 0.6 is 0 Å². The van der Waals surface area contributed by atoms with Crippen LogP contribution in [0.5, 0.6) is 0 Å². The highest BCUT2D eigenvalue weighted by Crippen LogP contribution is 2.33. The van der Waals surface area contributed by atoms with E-state index in [1.807, 2.05) is 4.72 Å². The fourth-order valence-electron chi connectivity index (χ4n) is 1.78. The molecule has 6 nitrogen and oxygen atoms in total. The number of sulfonamides is 1. The molecule has 0 aliphatic carbocycles. The van der Waals surface area contributed by atoms with Crippen LogP contribution in [-0.4, -0.2) is 30.8 Å². The van der Waals surface area contributed by atoms with Crippen molar-refractivity contribution in [3.63, 3.8) is 0 Å². The van der Waals surface area contributed by atoms with Crippen molar-refractivity contribution in [1.29, 1.82) is 0 Å². The number of hydrogen-bond donors (Lipinski definition) is 2. The number of nitrogens with one attached hydrogen (secondary N) is 2. The van der Waals surface area contributed by atoms with Gasteiger partial charge in [0.15, 0.2) is 5.82 Å². The molecule has 0 saturated heterocycles. The van der Waals surface area contributed by atoms with E-state index in [0.717, 1.165) is 10.8 Å². The zero-order valence-electron chi connectivity index (χ0n) is 9.37. The Hall–Kier alpha value is -1.29. The maximum Gasteiger partial charge on any atom is 0.449 e. The third-order valence-electron chi connectivity index (χ3n) is 2.41. The van der Waals surface area contributed by atoms with E-state index in [9.17, 15) is 21.6 Å². The van der Waals surface area contributed by atoms with Crippen molar-refractivity contribution in [2.45, 2.75) is 19.3 Å². The third kappa shape index (κ3) is 2.58. The lowest BCUT2D eigenvalue weighted by molar-refractivity contribution is -0.147. The number of fused-ring (bicyclic) bond motifs is 1. The highest BCUT2D eigenvalue weighted by atomic mass is 32.2. The van der Waals surface area contributed by atoms with Crippen molar-refractivity contribution < 1.29 is 21.6 Å². The largest absolute Gasteiger partial charge is 0.449 e. The first-order chi connectivity index (χ1) is 8.18.